The summed E-state index contributed by atoms with van der Waals surface area (Å²) in [4.78, 5) is 26.9. The Labute approximate surface area is 200 Å². The second-order valence-corrected chi connectivity index (χ2v) is 8.34. The number of anilines is 2. The van der Waals surface area contributed by atoms with Crippen LogP contribution < -0.4 is 15.4 Å². The van der Waals surface area contributed by atoms with Crippen LogP contribution in [0.25, 0.3) is 16.2 Å². The number of fused-ring (bicyclic) bond motifs is 1. The number of hydrogen-bond acceptors (Lipinski definition) is 9. The molecule has 2 N–H and O–H groups in total. The van der Waals surface area contributed by atoms with E-state index in [0.29, 0.717) is 26.8 Å². The Morgan fingerprint density at radius 2 is 1.83 bits per heavy atom. The maximum absolute atomic E-state index is 13.8. The Morgan fingerprint density at radius 1 is 1.14 bits per heavy atom. The van der Waals surface area contributed by atoms with Crippen LogP contribution in [0.3, 0.4) is 0 Å². The summed E-state index contributed by atoms with van der Waals surface area (Å²) >= 11 is 1.38. The normalized spacial score (nSPS) is 12.5. The van der Waals surface area contributed by atoms with Crippen molar-refractivity contribution in [2.45, 2.75) is 26.1 Å². The second-order valence-electron chi connectivity index (χ2n) is 7.16. The van der Waals surface area contributed by atoms with Crippen molar-refractivity contribution in [3.8, 4) is 11.7 Å². The minimum atomic E-state index is -4.81. The first-order valence-electron chi connectivity index (χ1n) is 10.0. The van der Waals surface area contributed by atoms with Gasteiger partial charge in [0.1, 0.15) is 21.6 Å². The number of nitrogens with zero attached hydrogens (tertiary/aromatic N) is 6. The molecule has 4 aromatic rings. The number of ether oxygens (including phenoxy) is 2. The summed E-state index contributed by atoms with van der Waals surface area (Å²) in [6.45, 7) is 3.60. The lowest BCUT2D eigenvalue weighted by Crippen LogP contribution is -2.23. The highest BCUT2D eigenvalue weighted by molar-refractivity contribution is 7.18. The van der Waals surface area contributed by atoms with E-state index in [9.17, 15) is 18.0 Å². The van der Waals surface area contributed by atoms with Gasteiger partial charge < -0.3 is 20.1 Å². The van der Waals surface area contributed by atoms with E-state index < -0.39 is 29.7 Å². The molecule has 0 aliphatic carbocycles. The standard InChI is InChI=1S/C20H19F3N8O3S/c1-9(33-3)14-13(8-24-18-15(14)27-10(2)35-18)29-19(32)28-12-7-11(20(21,22)23)16(30-17(12)34-4)31-25-5-6-26-31/h5-9H,1-4H3,(H2,28,29,32). The van der Waals surface area contributed by atoms with Crippen LogP contribution in [-0.4, -0.2) is 50.2 Å². The van der Waals surface area contributed by atoms with Crippen LogP contribution in [-0.2, 0) is 10.9 Å². The maximum atomic E-state index is 13.8. The first kappa shape index (κ1) is 24.3. The number of alkyl halides is 3. The number of urea groups is 1. The number of aromatic nitrogens is 6. The number of nitrogens with one attached hydrogen (secondary N) is 2. The highest BCUT2D eigenvalue weighted by atomic mass is 32.1. The minimum Gasteiger partial charge on any atom is -0.479 e. The topological polar surface area (TPSA) is 129 Å². The van der Waals surface area contributed by atoms with Gasteiger partial charge in [-0.05, 0) is 19.9 Å². The summed E-state index contributed by atoms with van der Waals surface area (Å²) in [6.07, 6.45) is -1.41. The molecule has 1 atom stereocenters. The van der Waals surface area contributed by atoms with Crippen molar-refractivity contribution < 1.29 is 27.4 Å². The van der Waals surface area contributed by atoms with Gasteiger partial charge in [-0.2, -0.15) is 28.4 Å². The number of halogens is 3. The van der Waals surface area contributed by atoms with Gasteiger partial charge in [-0.25, -0.2) is 14.8 Å². The number of thiazole rings is 1. The van der Waals surface area contributed by atoms with Crippen LogP contribution >= 0.6 is 11.3 Å². The Bertz CT molecular complexity index is 1370. The Kier molecular flexibility index (Phi) is 6.53. The van der Waals surface area contributed by atoms with Gasteiger partial charge in [-0.15, -0.1) is 4.80 Å². The van der Waals surface area contributed by atoms with Crippen LogP contribution in [0.2, 0.25) is 0 Å². The summed E-state index contributed by atoms with van der Waals surface area (Å²) in [5, 5.41) is 13.2. The van der Waals surface area contributed by atoms with E-state index in [1.54, 1.807) is 6.92 Å². The zero-order valence-electron chi connectivity index (χ0n) is 18.8. The van der Waals surface area contributed by atoms with Crippen LogP contribution in [0, 0.1) is 6.92 Å². The fourth-order valence-corrected chi connectivity index (χ4v) is 4.10. The number of pyridine rings is 2. The van der Waals surface area contributed by atoms with E-state index in [-0.39, 0.29) is 17.3 Å². The molecule has 0 saturated heterocycles. The minimum absolute atomic E-state index is 0.269. The molecule has 184 valence electrons. The molecule has 15 heteroatoms. The lowest BCUT2D eigenvalue weighted by atomic mass is 10.1. The van der Waals surface area contributed by atoms with E-state index in [0.717, 1.165) is 5.01 Å². The molecule has 0 aliphatic rings. The molecule has 0 spiro atoms. The third-order valence-electron chi connectivity index (χ3n) is 4.90. The predicted octanol–water partition coefficient (Wildman–Crippen LogP) is 4.35. The molecule has 35 heavy (non-hydrogen) atoms. The number of methoxy groups -OCH3 is 2. The average molecular weight is 508 g/mol. The first-order valence-corrected chi connectivity index (χ1v) is 10.8. The van der Waals surface area contributed by atoms with Crippen molar-refractivity contribution in [2.24, 2.45) is 0 Å². The predicted molar refractivity (Wildman–Crippen MR) is 121 cm³/mol. The number of carbonyl (C=O) groups is 1. The monoisotopic (exact) mass is 508 g/mol. The van der Waals surface area contributed by atoms with Crippen molar-refractivity contribution in [2.75, 3.05) is 24.9 Å². The fraction of sp³-hybridized carbons (Fsp3) is 0.300. The molecule has 4 heterocycles. The number of aryl methyl sites for hydroxylation is 1. The molecule has 4 aromatic heterocycles. The summed E-state index contributed by atoms with van der Waals surface area (Å²) in [6, 6.07) is -0.144. The number of amides is 2. The van der Waals surface area contributed by atoms with Crippen molar-refractivity contribution in [3.05, 3.63) is 40.8 Å². The zero-order chi connectivity index (χ0) is 25.3. The van der Waals surface area contributed by atoms with Gasteiger partial charge in [0.15, 0.2) is 5.82 Å². The summed E-state index contributed by atoms with van der Waals surface area (Å²) in [7, 11) is 2.71. The molecule has 0 aliphatic heterocycles. The average Bonchev–Trinajstić information content (AvgIpc) is 3.46. The molecule has 0 bridgehead atoms. The van der Waals surface area contributed by atoms with Gasteiger partial charge in [0.2, 0.25) is 5.88 Å². The molecule has 11 nitrogen and oxygen atoms in total. The van der Waals surface area contributed by atoms with Gasteiger partial charge >= 0.3 is 12.2 Å². The molecule has 2 amide bonds. The molecule has 0 aromatic carbocycles. The van der Waals surface area contributed by atoms with E-state index in [1.807, 2.05) is 6.92 Å². The van der Waals surface area contributed by atoms with Crippen LogP contribution in [0.4, 0.5) is 29.3 Å². The van der Waals surface area contributed by atoms with E-state index in [2.05, 4.69) is 35.8 Å². The molecule has 0 radical (unpaired) electrons. The molecular weight excluding hydrogens is 489 g/mol. The third-order valence-corrected chi connectivity index (χ3v) is 5.78. The SMILES string of the molecule is COc1nc(-n2nccn2)c(C(F)(F)F)cc1NC(=O)Nc1cnc2sc(C)nc2c1C(C)OC. The third kappa shape index (κ3) is 4.85. The highest BCUT2D eigenvalue weighted by Gasteiger charge is 2.37. The number of hydrogen-bond donors (Lipinski definition) is 2. The first-order chi connectivity index (χ1) is 16.6. The van der Waals surface area contributed by atoms with Gasteiger partial charge in [0.25, 0.3) is 0 Å². The van der Waals surface area contributed by atoms with E-state index in [4.69, 9.17) is 9.47 Å². The maximum Gasteiger partial charge on any atom is 0.420 e. The Balaban J connectivity index is 1.70. The lowest BCUT2D eigenvalue weighted by molar-refractivity contribution is -0.137. The summed E-state index contributed by atoms with van der Waals surface area (Å²) < 4.78 is 51.8. The van der Waals surface area contributed by atoms with Crippen LogP contribution in [0.5, 0.6) is 5.88 Å². The molecule has 0 saturated carbocycles. The summed E-state index contributed by atoms with van der Waals surface area (Å²) in [5.74, 6) is -0.871. The largest absolute Gasteiger partial charge is 0.479 e. The van der Waals surface area contributed by atoms with Crippen LogP contribution in [0.1, 0.15) is 29.2 Å². The fourth-order valence-electron chi connectivity index (χ4n) is 3.32. The molecular formula is C20H19F3N8O3S. The smallest absolute Gasteiger partial charge is 0.420 e. The van der Waals surface area contributed by atoms with Crippen LogP contribution in [0.15, 0.2) is 24.7 Å². The van der Waals surface area contributed by atoms with Gasteiger partial charge in [-0.1, -0.05) is 11.3 Å². The van der Waals surface area contributed by atoms with Crippen molar-refractivity contribution >= 4 is 39.1 Å². The Hall–Kier alpha value is -3.85. The molecule has 0 fully saturated rings. The molecule has 1 unspecified atom stereocenters. The van der Waals surface area contributed by atoms with E-state index >= 15 is 0 Å². The highest BCUT2D eigenvalue weighted by Crippen LogP contribution is 2.38. The summed E-state index contributed by atoms with van der Waals surface area (Å²) in [5.41, 5.74) is -0.0462. The molecule has 4 rings (SSSR count). The second kappa shape index (κ2) is 9.42. The Morgan fingerprint density at radius 3 is 2.46 bits per heavy atom. The number of rotatable bonds is 6. The van der Waals surface area contributed by atoms with Crippen molar-refractivity contribution in [1.82, 2.24) is 29.9 Å². The van der Waals surface area contributed by atoms with Crippen molar-refractivity contribution in [1.29, 1.82) is 0 Å². The quantitative estimate of drug-likeness (QED) is 0.393. The van der Waals surface area contributed by atoms with Gasteiger partial charge in [0, 0.05) is 12.7 Å². The van der Waals surface area contributed by atoms with E-state index in [1.165, 1.54) is 44.1 Å². The van der Waals surface area contributed by atoms with Gasteiger partial charge in [-0.3, -0.25) is 0 Å². The lowest BCUT2D eigenvalue weighted by Gasteiger charge is -2.18. The van der Waals surface area contributed by atoms with Gasteiger partial charge in [0.05, 0.1) is 42.5 Å². The van der Waals surface area contributed by atoms with Crippen molar-refractivity contribution in [3.63, 3.8) is 0 Å². The number of carbonyl (C=O) groups excluding carboxylic acids is 1. The zero-order valence-corrected chi connectivity index (χ0v) is 19.7.